The van der Waals surface area contributed by atoms with Crippen molar-refractivity contribution in [2.24, 2.45) is 45.3 Å². The lowest BCUT2D eigenvalue weighted by atomic mass is 9.35. The van der Waals surface area contributed by atoms with Gasteiger partial charge in [0.1, 0.15) is 67.1 Å². The summed E-state index contributed by atoms with van der Waals surface area (Å²) in [6, 6.07) is 0. The first-order valence-corrected chi connectivity index (χ1v) is 23.8. The molecule has 0 spiro atoms. The molecule has 3 aliphatic heterocycles. The second-order valence-electron chi connectivity index (χ2n) is 22.4. The highest BCUT2D eigenvalue weighted by Crippen LogP contribution is 2.76. The van der Waals surface area contributed by atoms with Crippen molar-refractivity contribution in [3.05, 3.63) is 11.6 Å². The Morgan fingerprint density at radius 2 is 1.19 bits per heavy atom. The fourth-order valence-electron chi connectivity index (χ4n) is 14.6. The third kappa shape index (κ3) is 8.49. The predicted molar refractivity (Wildman–Crippen MR) is 228 cm³/mol. The number of ether oxygens (including phenoxy) is 6. The molecule has 7 aliphatic rings. The fraction of sp³-hybridized carbons (Fsp3) is 0.957. The molecule has 7 fully saturated rings. The lowest BCUT2D eigenvalue weighted by molar-refractivity contribution is -0.342. The van der Waals surface area contributed by atoms with Gasteiger partial charge in [-0.2, -0.15) is 0 Å². The molecule has 17 heteroatoms. The molecule has 17 nitrogen and oxygen atoms in total. The van der Waals surface area contributed by atoms with Crippen molar-refractivity contribution in [1.29, 1.82) is 0 Å². The van der Waals surface area contributed by atoms with Gasteiger partial charge in [0.15, 0.2) is 18.9 Å². The lowest BCUT2D eigenvalue weighted by Crippen LogP contribution is -2.67. The van der Waals surface area contributed by atoms with Crippen molar-refractivity contribution in [2.45, 2.75) is 217 Å². The van der Waals surface area contributed by atoms with E-state index >= 15 is 0 Å². The predicted octanol–water partition coefficient (Wildman–Crippen LogP) is 0.612. The molecule has 0 aromatic carbocycles. The van der Waals surface area contributed by atoms with Crippen LogP contribution in [0, 0.1) is 45.3 Å². The Balaban J connectivity index is 1.11. The molecule has 3 heterocycles. The second kappa shape index (κ2) is 18.8. The van der Waals surface area contributed by atoms with E-state index in [4.69, 9.17) is 28.4 Å². The van der Waals surface area contributed by atoms with Crippen LogP contribution in [0.3, 0.4) is 0 Å². The van der Waals surface area contributed by atoms with Gasteiger partial charge < -0.3 is 84.6 Å². The second-order valence-corrected chi connectivity index (χ2v) is 22.4. The lowest BCUT2D eigenvalue weighted by Gasteiger charge is -2.71. The van der Waals surface area contributed by atoms with Crippen LogP contribution in [-0.2, 0) is 28.4 Å². The molecule has 64 heavy (non-hydrogen) atoms. The Morgan fingerprint density at radius 3 is 1.81 bits per heavy atom. The van der Waals surface area contributed by atoms with Gasteiger partial charge in [-0.15, -0.1) is 0 Å². The first-order chi connectivity index (χ1) is 29.9. The molecule has 0 unspecified atom stereocenters. The van der Waals surface area contributed by atoms with Crippen LogP contribution in [-0.4, -0.2) is 180 Å². The summed E-state index contributed by atoms with van der Waals surface area (Å²) in [4.78, 5) is 0. The largest absolute Gasteiger partial charge is 0.394 e. The molecule has 0 radical (unpaired) electrons. The zero-order valence-electron chi connectivity index (χ0n) is 39.0. The van der Waals surface area contributed by atoms with Crippen LogP contribution in [0.2, 0.25) is 0 Å². The first-order valence-electron chi connectivity index (χ1n) is 23.8. The third-order valence-electron chi connectivity index (χ3n) is 18.4. The summed E-state index contributed by atoms with van der Waals surface area (Å²) >= 11 is 0. The van der Waals surface area contributed by atoms with E-state index in [1.165, 1.54) is 0 Å². The molecular formula is C47H80O17. The highest BCUT2D eigenvalue weighted by molar-refractivity contribution is 5.20. The van der Waals surface area contributed by atoms with Gasteiger partial charge in [0.2, 0.25) is 0 Å². The Bertz CT molecular complexity index is 1630. The van der Waals surface area contributed by atoms with E-state index in [1.807, 2.05) is 20.8 Å². The SMILES string of the molecule is CC(C)=CCC[C@](C)(O[C@H]1O[C@H](CO[C@@H]2O[C@@H](CO)[C@@H](O)[C@@H]2O)[C@H](O)[C@@H](O)[C@@H]1O)[C@@H]1CC[C@@]2(C)[C@@H]1[C@@H](O)C[C@@H]1[C@]3(C)CC[C@H](O[C@H]4O[C@@H](CO)[C@@H](O)[C@H](O)[C@H]4O)C(C)(C)[C@@H]3CC[C@]12C. The van der Waals surface area contributed by atoms with Crippen LogP contribution in [0.5, 0.6) is 0 Å². The van der Waals surface area contributed by atoms with E-state index in [0.29, 0.717) is 25.7 Å². The molecular weight excluding hydrogens is 836 g/mol. The first kappa shape index (κ1) is 50.9. The van der Waals surface area contributed by atoms with Crippen LogP contribution in [0.1, 0.15) is 113 Å². The molecule has 0 aromatic heterocycles. The molecule has 24 atom stereocenters. The van der Waals surface area contributed by atoms with E-state index in [1.54, 1.807) is 0 Å². The van der Waals surface area contributed by atoms with Crippen molar-refractivity contribution < 1.29 is 84.6 Å². The Labute approximate surface area is 377 Å². The number of aliphatic hydroxyl groups excluding tert-OH is 11. The molecule has 7 rings (SSSR count). The maximum absolute atomic E-state index is 12.7. The van der Waals surface area contributed by atoms with E-state index in [-0.39, 0.29) is 46.0 Å². The van der Waals surface area contributed by atoms with E-state index in [9.17, 15) is 56.2 Å². The minimum Gasteiger partial charge on any atom is -0.394 e. The fourth-order valence-corrected chi connectivity index (χ4v) is 14.6. The minimum absolute atomic E-state index is 0.149. The van der Waals surface area contributed by atoms with Crippen molar-refractivity contribution in [2.75, 3.05) is 19.8 Å². The summed E-state index contributed by atoms with van der Waals surface area (Å²) in [6.07, 6.45) is -11.9. The van der Waals surface area contributed by atoms with Crippen molar-refractivity contribution in [1.82, 2.24) is 0 Å². The normalized spacial score (nSPS) is 52.3. The van der Waals surface area contributed by atoms with Gasteiger partial charge in [-0.25, -0.2) is 0 Å². The quantitative estimate of drug-likeness (QED) is 0.0892. The van der Waals surface area contributed by atoms with Gasteiger partial charge >= 0.3 is 0 Å². The van der Waals surface area contributed by atoms with Crippen LogP contribution < -0.4 is 0 Å². The average Bonchev–Trinajstić information content (AvgIpc) is 3.76. The minimum atomic E-state index is -1.67. The maximum atomic E-state index is 12.7. The topological polar surface area (TPSA) is 278 Å². The summed E-state index contributed by atoms with van der Waals surface area (Å²) in [5.74, 6) is -0.0472. The Kier molecular flexibility index (Phi) is 14.9. The van der Waals surface area contributed by atoms with E-state index in [2.05, 4.69) is 40.7 Å². The third-order valence-corrected chi connectivity index (χ3v) is 18.4. The number of fused-ring (bicyclic) bond motifs is 5. The molecule has 3 saturated heterocycles. The summed E-state index contributed by atoms with van der Waals surface area (Å²) in [7, 11) is 0. The summed E-state index contributed by atoms with van der Waals surface area (Å²) in [5.41, 5.74) is -0.947. The number of rotatable bonds is 13. The molecule has 0 bridgehead atoms. The van der Waals surface area contributed by atoms with Crippen LogP contribution in [0.15, 0.2) is 11.6 Å². The van der Waals surface area contributed by atoms with Crippen LogP contribution >= 0.6 is 0 Å². The highest BCUT2D eigenvalue weighted by Gasteiger charge is 2.72. The van der Waals surface area contributed by atoms with Crippen LogP contribution in [0.4, 0.5) is 0 Å². The zero-order chi connectivity index (χ0) is 47.1. The van der Waals surface area contributed by atoms with Crippen LogP contribution in [0.25, 0.3) is 0 Å². The average molecular weight is 917 g/mol. The van der Waals surface area contributed by atoms with Gasteiger partial charge in [-0.1, -0.05) is 46.3 Å². The number of allylic oxidation sites excluding steroid dienone is 2. The van der Waals surface area contributed by atoms with E-state index in [0.717, 1.165) is 37.7 Å². The summed E-state index contributed by atoms with van der Waals surface area (Å²) < 4.78 is 36.6. The van der Waals surface area contributed by atoms with Gasteiger partial charge in [0.05, 0.1) is 37.6 Å². The Morgan fingerprint density at radius 1 is 0.641 bits per heavy atom. The van der Waals surface area contributed by atoms with Gasteiger partial charge in [0, 0.05) is 0 Å². The summed E-state index contributed by atoms with van der Waals surface area (Å²) in [6.45, 7) is 16.1. The molecule has 0 amide bonds. The molecule has 370 valence electrons. The van der Waals surface area contributed by atoms with Crippen molar-refractivity contribution >= 4 is 0 Å². The van der Waals surface area contributed by atoms with Gasteiger partial charge in [-0.05, 0) is 124 Å². The number of hydrogen-bond donors (Lipinski definition) is 11. The standard InChI is InChI=1S/C47H80O17/c1-22(2)10-9-14-47(8,64-42-39(58)36(55)34(53)27(62-42)21-59-40-37(56)33(52)26(20-49)60-40)23-11-16-46(7)31(23)24(50)18-29-44(5)15-13-30(43(3,4)28(44)12-17-45(29,46)6)63-41-38(57)35(54)32(51)25(19-48)61-41/h10,23-42,48-58H,9,11-21H2,1-8H3/t23-,24+,25+,26+,27-,28+,29-,30+,31+,32-,33-,34+,35+,36-,37+,38-,39+,40-,41-,42-,44-,45-,46+,47+/m1/s1. The van der Waals surface area contributed by atoms with Crippen molar-refractivity contribution in [3.8, 4) is 0 Å². The van der Waals surface area contributed by atoms with Crippen molar-refractivity contribution in [3.63, 3.8) is 0 Å². The summed E-state index contributed by atoms with van der Waals surface area (Å²) in [5, 5.41) is 118. The molecule has 4 saturated carbocycles. The molecule has 4 aliphatic carbocycles. The highest BCUT2D eigenvalue weighted by atomic mass is 16.7. The van der Waals surface area contributed by atoms with Gasteiger partial charge in [0.25, 0.3) is 0 Å². The van der Waals surface area contributed by atoms with E-state index < -0.39 is 123 Å². The Hall–Kier alpha value is -0.940. The monoisotopic (exact) mass is 917 g/mol. The molecule has 11 N–H and O–H groups in total. The smallest absolute Gasteiger partial charge is 0.187 e. The number of aliphatic hydroxyl groups is 11. The zero-order valence-corrected chi connectivity index (χ0v) is 39.0. The maximum Gasteiger partial charge on any atom is 0.187 e. The number of hydrogen-bond acceptors (Lipinski definition) is 17. The van der Waals surface area contributed by atoms with Gasteiger partial charge in [-0.3, -0.25) is 0 Å². The molecule has 0 aromatic rings.